The number of hydrogen-bond acceptors (Lipinski definition) is 4. The average Bonchev–Trinajstić information content (AvgIpc) is 2.65. The Kier molecular flexibility index (Phi) is 4.17. The van der Waals surface area contributed by atoms with Crippen molar-refractivity contribution in [2.24, 2.45) is 0 Å². The lowest BCUT2D eigenvalue weighted by atomic mass is 10.3. The third-order valence-electron chi connectivity index (χ3n) is 2.55. The Morgan fingerprint density at radius 1 is 1.25 bits per heavy atom. The fourth-order valence-corrected chi connectivity index (χ4v) is 2.62. The number of nitrogens with zero attached hydrogens (tertiary/aromatic N) is 1. The molecule has 2 aromatic rings. The summed E-state index contributed by atoms with van der Waals surface area (Å²) in [6, 6.07) is 5.97. The van der Waals surface area contributed by atoms with E-state index in [-0.39, 0.29) is 5.75 Å². The lowest BCUT2D eigenvalue weighted by Gasteiger charge is -2.14. The molecule has 1 aromatic heterocycles. The summed E-state index contributed by atoms with van der Waals surface area (Å²) < 4.78 is 40.9. The van der Waals surface area contributed by atoms with Crippen molar-refractivity contribution in [3.63, 3.8) is 0 Å². The van der Waals surface area contributed by atoms with Gasteiger partial charge in [0.25, 0.3) is 0 Å². The first-order valence-electron chi connectivity index (χ1n) is 5.87. The maximum Gasteiger partial charge on any atom is 0.573 e. The number of aryl methyl sites for hydroxylation is 2. The van der Waals surface area contributed by atoms with Crippen LogP contribution in [0.25, 0.3) is 0 Å². The first kappa shape index (κ1) is 14.6. The van der Waals surface area contributed by atoms with Gasteiger partial charge in [-0.3, -0.25) is 0 Å². The molecule has 7 heteroatoms. The van der Waals surface area contributed by atoms with Crippen LogP contribution in [-0.2, 0) is 6.54 Å². The van der Waals surface area contributed by atoms with Crippen molar-refractivity contribution in [1.82, 2.24) is 4.98 Å². The van der Waals surface area contributed by atoms with Crippen LogP contribution in [0.3, 0.4) is 0 Å². The first-order valence-corrected chi connectivity index (χ1v) is 6.68. The van der Waals surface area contributed by atoms with Gasteiger partial charge in [0, 0.05) is 4.88 Å². The van der Waals surface area contributed by atoms with Gasteiger partial charge in [-0.15, -0.1) is 24.5 Å². The van der Waals surface area contributed by atoms with E-state index in [4.69, 9.17) is 0 Å². The van der Waals surface area contributed by atoms with Gasteiger partial charge in [-0.2, -0.15) is 0 Å². The van der Waals surface area contributed by atoms with Crippen molar-refractivity contribution in [1.29, 1.82) is 0 Å². The van der Waals surface area contributed by atoms with E-state index < -0.39 is 6.36 Å². The molecular weight excluding hydrogens is 289 g/mol. The summed E-state index contributed by atoms with van der Waals surface area (Å²) in [5, 5.41) is 3.88. The van der Waals surface area contributed by atoms with Crippen LogP contribution in [0.1, 0.15) is 15.6 Å². The smallest absolute Gasteiger partial charge is 0.404 e. The van der Waals surface area contributed by atoms with Gasteiger partial charge < -0.3 is 10.1 Å². The van der Waals surface area contributed by atoms with E-state index >= 15 is 0 Å². The van der Waals surface area contributed by atoms with Gasteiger partial charge in [0.15, 0.2) is 5.75 Å². The Bertz CT molecular complexity index is 596. The van der Waals surface area contributed by atoms with Crippen LogP contribution in [-0.4, -0.2) is 11.3 Å². The van der Waals surface area contributed by atoms with Gasteiger partial charge in [0.1, 0.15) is 0 Å². The van der Waals surface area contributed by atoms with E-state index in [1.165, 1.54) is 23.5 Å². The third-order valence-corrected chi connectivity index (χ3v) is 3.62. The summed E-state index contributed by atoms with van der Waals surface area (Å²) in [4.78, 5) is 5.26. The number of ether oxygens (including phenoxy) is 1. The predicted molar refractivity (Wildman–Crippen MR) is 72.0 cm³/mol. The molecule has 0 unspecified atom stereocenters. The molecule has 0 aliphatic carbocycles. The second-order valence-corrected chi connectivity index (χ2v) is 5.43. The zero-order valence-electron chi connectivity index (χ0n) is 10.9. The largest absolute Gasteiger partial charge is 0.573 e. The maximum absolute atomic E-state index is 12.3. The number of aromatic nitrogens is 1. The van der Waals surface area contributed by atoms with Crippen molar-refractivity contribution in [2.75, 3.05) is 5.32 Å². The SMILES string of the molecule is Cc1nc(C)c(CNc2ccccc2OC(F)(F)F)s1. The van der Waals surface area contributed by atoms with E-state index in [9.17, 15) is 13.2 Å². The Hall–Kier alpha value is -1.76. The van der Waals surface area contributed by atoms with Crippen LogP contribution in [0.2, 0.25) is 0 Å². The monoisotopic (exact) mass is 302 g/mol. The average molecular weight is 302 g/mol. The third kappa shape index (κ3) is 3.86. The number of anilines is 1. The summed E-state index contributed by atoms with van der Waals surface area (Å²) in [6.45, 7) is 4.18. The molecule has 0 radical (unpaired) electrons. The summed E-state index contributed by atoms with van der Waals surface area (Å²) in [7, 11) is 0. The number of benzene rings is 1. The molecule has 1 heterocycles. The zero-order chi connectivity index (χ0) is 14.8. The molecule has 1 N–H and O–H groups in total. The van der Waals surface area contributed by atoms with Gasteiger partial charge in [0.2, 0.25) is 0 Å². The highest BCUT2D eigenvalue weighted by molar-refractivity contribution is 7.11. The molecule has 0 amide bonds. The number of thiazole rings is 1. The normalized spacial score (nSPS) is 11.4. The van der Waals surface area contributed by atoms with Crippen LogP contribution < -0.4 is 10.1 Å². The molecule has 0 aliphatic heterocycles. The Morgan fingerprint density at radius 3 is 2.55 bits per heavy atom. The zero-order valence-corrected chi connectivity index (χ0v) is 11.7. The minimum Gasteiger partial charge on any atom is -0.404 e. The summed E-state index contributed by atoms with van der Waals surface area (Å²) in [5.74, 6) is -0.237. The fraction of sp³-hybridized carbons (Fsp3) is 0.308. The van der Waals surface area contributed by atoms with Gasteiger partial charge in [-0.25, -0.2) is 4.98 Å². The van der Waals surface area contributed by atoms with Crippen LogP contribution in [0.4, 0.5) is 18.9 Å². The van der Waals surface area contributed by atoms with Crippen molar-refractivity contribution in [3.8, 4) is 5.75 Å². The Balaban J connectivity index is 2.11. The fourth-order valence-electron chi connectivity index (χ4n) is 1.74. The molecule has 2 rings (SSSR count). The lowest BCUT2D eigenvalue weighted by molar-refractivity contribution is -0.274. The van der Waals surface area contributed by atoms with Crippen molar-refractivity contribution in [2.45, 2.75) is 26.8 Å². The molecule has 0 saturated heterocycles. The highest BCUT2D eigenvalue weighted by Gasteiger charge is 2.32. The van der Waals surface area contributed by atoms with E-state index in [2.05, 4.69) is 15.0 Å². The standard InChI is InChI=1S/C13H13F3N2OS/c1-8-12(20-9(2)18-8)7-17-10-5-3-4-6-11(10)19-13(14,15)16/h3-6,17H,7H2,1-2H3. The number of halogens is 3. The quantitative estimate of drug-likeness (QED) is 0.915. The molecule has 0 aliphatic rings. The lowest BCUT2D eigenvalue weighted by Crippen LogP contribution is -2.18. The topological polar surface area (TPSA) is 34.2 Å². The van der Waals surface area contributed by atoms with Gasteiger partial charge in [-0.1, -0.05) is 12.1 Å². The van der Waals surface area contributed by atoms with E-state index in [1.54, 1.807) is 12.1 Å². The van der Waals surface area contributed by atoms with Crippen LogP contribution >= 0.6 is 11.3 Å². The van der Waals surface area contributed by atoms with Gasteiger partial charge >= 0.3 is 6.36 Å². The first-order chi connectivity index (χ1) is 9.35. The molecule has 1 aromatic carbocycles. The van der Waals surface area contributed by atoms with Crippen molar-refractivity contribution < 1.29 is 17.9 Å². The number of hydrogen-bond donors (Lipinski definition) is 1. The van der Waals surface area contributed by atoms with E-state index in [1.807, 2.05) is 13.8 Å². The van der Waals surface area contributed by atoms with Gasteiger partial charge in [-0.05, 0) is 26.0 Å². The molecule has 0 saturated carbocycles. The van der Waals surface area contributed by atoms with E-state index in [0.29, 0.717) is 12.2 Å². The minimum atomic E-state index is -4.70. The molecular formula is C13H13F3N2OS. The number of rotatable bonds is 4. The van der Waals surface area contributed by atoms with E-state index in [0.717, 1.165) is 15.6 Å². The molecule has 3 nitrogen and oxygen atoms in total. The molecule has 108 valence electrons. The van der Waals surface area contributed by atoms with Crippen molar-refractivity contribution in [3.05, 3.63) is 39.8 Å². The highest BCUT2D eigenvalue weighted by Crippen LogP contribution is 2.30. The highest BCUT2D eigenvalue weighted by atomic mass is 32.1. The molecule has 20 heavy (non-hydrogen) atoms. The Labute approximate surface area is 118 Å². The van der Waals surface area contributed by atoms with Crippen LogP contribution in [0, 0.1) is 13.8 Å². The molecule has 0 spiro atoms. The molecule has 0 bridgehead atoms. The number of nitrogens with one attached hydrogen (secondary N) is 1. The Morgan fingerprint density at radius 2 is 1.95 bits per heavy atom. The predicted octanol–water partition coefficient (Wildman–Crippen LogP) is 4.27. The second-order valence-electron chi connectivity index (χ2n) is 4.14. The second kappa shape index (κ2) is 5.70. The maximum atomic E-state index is 12.3. The van der Waals surface area contributed by atoms with Crippen molar-refractivity contribution >= 4 is 17.0 Å². The molecule has 0 atom stereocenters. The number of para-hydroxylation sites is 2. The summed E-state index contributed by atoms with van der Waals surface area (Å²) in [6.07, 6.45) is -4.70. The molecule has 0 fully saturated rings. The summed E-state index contributed by atoms with van der Waals surface area (Å²) in [5.41, 5.74) is 1.18. The summed E-state index contributed by atoms with van der Waals surface area (Å²) >= 11 is 1.52. The van der Waals surface area contributed by atoms with Crippen LogP contribution in [0.15, 0.2) is 24.3 Å². The van der Waals surface area contributed by atoms with Gasteiger partial charge in [0.05, 0.1) is 22.9 Å². The number of alkyl halides is 3. The van der Waals surface area contributed by atoms with Crippen LogP contribution in [0.5, 0.6) is 5.75 Å². The minimum absolute atomic E-state index is 0.237.